The van der Waals surface area contributed by atoms with Crippen LogP contribution in [0.5, 0.6) is 0 Å². The van der Waals surface area contributed by atoms with Gasteiger partial charge in [-0.05, 0) is 37.3 Å². The highest BCUT2D eigenvalue weighted by molar-refractivity contribution is 6.34. The summed E-state index contributed by atoms with van der Waals surface area (Å²) in [6.07, 6.45) is 5.65. The lowest BCUT2D eigenvalue weighted by molar-refractivity contribution is 0.0311. The van der Waals surface area contributed by atoms with Crippen LogP contribution < -0.4 is 10.9 Å². The van der Waals surface area contributed by atoms with Crippen LogP contribution in [0.15, 0.2) is 29.5 Å². The van der Waals surface area contributed by atoms with E-state index in [0.717, 1.165) is 19.3 Å². The van der Waals surface area contributed by atoms with Crippen LogP contribution >= 0.6 is 11.6 Å². The molecule has 0 aromatic carbocycles. The van der Waals surface area contributed by atoms with Crippen molar-refractivity contribution in [3.8, 4) is 0 Å². The van der Waals surface area contributed by atoms with Crippen LogP contribution in [-0.2, 0) is 5.66 Å². The highest BCUT2D eigenvalue weighted by atomic mass is 35.5. The van der Waals surface area contributed by atoms with Gasteiger partial charge in [0.2, 0.25) is 0 Å². The SMILES string of the molecule is CC1CCCC12N(C)C(=O)c1c(Cl)cc(Nc3ccncn3)c(=O)n12. The molecule has 130 valence electrons. The standard InChI is InChI=1S/C17H18ClN5O2/c1-10-4-3-6-17(10)22(2)16(25)14-11(18)8-12(15(24)23(14)17)21-13-5-7-19-9-20-13/h5,7-10H,3-4,6H2,1-2H3,(H,19,20,21). The Hall–Kier alpha value is -2.41. The van der Waals surface area contributed by atoms with Gasteiger partial charge in [-0.1, -0.05) is 18.5 Å². The third kappa shape index (κ3) is 2.12. The van der Waals surface area contributed by atoms with Crippen LogP contribution in [0, 0.1) is 5.92 Å². The quantitative estimate of drug-likeness (QED) is 0.891. The lowest BCUT2D eigenvalue weighted by Crippen LogP contribution is -2.50. The van der Waals surface area contributed by atoms with E-state index >= 15 is 0 Å². The minimum absolute atomic E-state index is 0.172. The fraction of sp³-hybridized carbons (Fsp3) is 0.412. The first-order valence-electron chi connectivity index (χ1n) is 8.24. The molecule has 0 saturated heterocycles. The molecule has 8 heteroatoms. The van der Waals surface area contributed by atoms with E-state index in [1.807, 2.05) is 0 Å². The van der Waals surface area contributed by atoms with E-state index < -0.39 is 5.66 Å². The monoisotopic (exact) mass is 359 g/mol. The molecule has 1 saturated carbocycles. The highest BCUT2D eigenvalue weighted by Gasteiger charge is 2.54. The number of carbonyl (C=O) groups excluding carboxylic acids is 1. The number of carbonyl (C=O) groups is 1. The number of anilines is 2. The molecule has 1 N–H and O–H groups in total. The van der Waals surface area contributed by atoms with Gasteiger partial charge in [0, 0.05) is 13.2 Å². The number of halogens is 1. The molecule has 25 heavy (non-hydrogen) atoms. The van der Waals surface area contributed by atoms with E-state index in [-0.39, 0.29) is 28.1 Å². The molecule has 1 aliphatic heterocycles. The van der Waals surface area contributed by atoms with Gasteiger partial charge in [0.1, 0.15) is 29.2 Å². The Labute approximate surface area is 149 Å². The molecule has 0 radical (unpaired) electrons. The molecule has 1 aliphatic carbocycles. The van der Waals surface area contributed by atoms with E-state index in [0.29, 0.717) is 11.5 Å². The second kappa shape index (κ2) is 5.56. The zero-order valence-electron chi connectivity index (χ0n) is 14.0. The topological polar surface area (TPSA) is 80.1 Å². The molecule has 2 unspecified atom stereocenters. The number of aromatic nitrogens is 3. The Morgan fingerprint density at radius 2 is 2.20 bits per heavy atom. The summed E-state index contributed by atoms with van der Waals surface area (Å²) in [5.41, 5.74) is -0.328. The summed E-state index contributed by atoms with van der Waals surface area (Å²) in [5, 5.41) is 3.26. The van der Waals surface area contributed by atoms with Crippen molar-refractivity contribution in [2.45, 2.75) is 31.8 Å². The normalized spacial score (nSPS) is 24.8. The minimum Gasteiger partial charge on any atom is -0.336 e. The molecular weight excluding hydrogens is 342 g/mol. The second-order valence-corrected chi connectivity index (χ2v) is 7.06. The van der Waals surface area contributed by atoms with Crippen molar-refractivity contribution in [1.29, 1.82) is 0 Å². The molecular formula is C17H18ClN5O2. The van der Waals surface area contributed by atoms with Gasteiger partial charge in [-0.25, -0.2) is 9.97 Å². The summed E-state index contributed by atoms with van der Waals surface area (Å²) in [5.74, 6) is 0.463. The van der Waals surface area contributed by atoms with Crippen LogP contribution in [0.25, 0.3) is 0 Å². The Bertz CT molecular complexity index is 913. The molecule has 2 aliphatic rings. The average molecular weight is 360 g/mol. The number of pyridine rings is 1. The first kappa shape index (κ1) is 16.1. The van der Waals surface area contributed by atoms with Gasteiger partial charge in [0.25, 0.3) is 11.5 Å². The minimum atomic E-state index is -0.642. The van der Waals surface area contributed by atoms with Gasteiger partial charge in [0.05, 0.1) is 5.02 Å². The van der Waals surface area contributed by atoms with Gasteiger partial charge in [-0.15, -0.1) is 0 Å². The molecule has 1 amide bonds. The maximum atomic E-state index is 13.2. The van der Waals surface area contributed by atoms with E-state index in [4.69, 9.17) is 11.6 Å². The summed E-state index contributed by atoms with van der Waals surface area (Å²) >= 11 is 6.40. The van der Waals surface area contributed by atoms with Crippen molar-refractivity contribution in [3.63, 3.8) is 0 Å². The van der Waals surface area contributed by atoms with Gasteiger partial charge in [-0.3, -0.25) is 14.2 Å². The van der Waals surface area contributed by atoms with Crippen molar-refractivity contribution in [1.82, 2.24) is 19.4 Å². The summed E-state index contributed by atoms with van der Waals surface area (Å²) in [4.78, 5) is 35.6. The molecule has 3 heterocycles. The number of hydrogen-bond donors (Lipinski definition) is 1. The van der Waals surface area contributed by atoms with Gasteiger partial charge in [-0.2, -0.15) is 0 Å². The summed E-state index contributed by atoms with van der Waals surface area (Å²) in [7, 11) is 1.75. The van der Waals surface area contributed by atoms with Crippen LogP contribution in [0.2, 0.25) is 5.02 Å². The van der Waals surface area contributed by atoms with Gasteiger partial charge in [0.15, 0.2) is 0 Å². The fourth-order valence-electron chi connectivity index (χ4n) is 4.21. The van der Waals surface area contributed by atoms with Crippen molar-refractivity contribution in [2.24, 2.45) is 5.92 Å². The second-order valence-electron chi connectivity index (χ2n) is 6.65. The van der Waals surface area contributed by atoms with Gasteiger partial charge < -0.3 is 10.2 Å². The first-order chi connectivity index (χ1) is 12.0. The Balaban J connectivity index is 1.92. The number of nitrogens with zero attached hydrogens (tertiary/aromatic N) is 4. The molecule has 2 atom stereocenters. The average Bonchev–Trinajstić information content (AvgIpc) is 3.08. The zero-order chi connectivity index (χ0) is 17.8. The van der Waals surface area contributed by atoms with Crippen LogP contribution in [0.4, 0.5) is 11.5 Å². The number of rotatable bonds is 2. The molecule has 2 aromatic heterocycles. The Morgan fingerprint density at radius 3 is 2.84 bits per heavy atom. The third-order valence-corrected chi connectivity index (χ3v) is 5.73. The van der Waals surface area contributed by atoms with Crippen LogP contribution in [0.1, 0.15) is 36.7 Å². The zero-order valence-corrected chi connectivity index (χ0v) is 14.7. The van der Waals surface area contributed by atoms with E-state index in [9.17, 15) is 9.59 Å². The lowest BCUT2D eigenvalue weighted by atomic mass is 9.97. The summed E-state index contributed by atoms with van der Waals surface area (Å²) < 4.78 is 1.60. The van der Waals surface area contributed by atoms with Crippen LogP contribution in [0.3, 0.4) is 0 Å². The lowest BCUT2D eigenvalue weighted by Gasteiger charge is -2.37. The molecule has 1 spiro atoms. The van der Waals surface area contributed by atoms with E-state index in [1.54, 1.807) is 28.8 Å². The van der Waals surface area contributed by atoms with Crippen molar-refractivity contribution in [2.75, 3.05) is 12.4 Å². The maximum absolute atomic E-state index is 13.2. The molecule has 4 rings (SSSR count). The first-order valence-corrected chi connectivity index (χ1v) is 8.62. The van der Waals surface area contributed by atoms with Crippen molar-refractivity contribution in [3.05, 3.63) is 45.7 Å². The largest absolute Gasteiger partial charge is 0.336 e. The molecule has 1 fully saturated rings. The molecule has 2 aromatic rings. The fourth-order valence-corrected chi connectivity index (χ4v) is 4.48. The predicted molar refractivity (Wildman–Crippen MR) is 94.1 cm³/mol. The molecule has 7 nitrogen and oxygen atoms in total. The van der Waals surface area contributed by atoms with Crippen molar-refractivity contribution < 1.29 is 4.79 Å². The number of fused-ring (bicyclic) bond motifs is 2. The number of nitrogens with one attached hydrogen (secondary N) is 1. The number of amides is 1. The van der Waals surface area contributed by atoms with Crippen molar-refractivity contribution >= 4 is 29.0 Å². The summed E-state index contributed by atoms with van der Waals surface area (Å²) in [6.45, 7) is 2.08. The highest BCUT2D eigenvalue weighted by Crippen LogP contribution is 2.48. The smallest absolute Gasteiger partial charge is 0.276 e. The van der Waals surface area contributed by atoms with Gasteiger partial charge >= 0.3 is 0 Å². The maximum Gasteiger partial charge on any atom is 0.276 e. The Morgan fingerprint density at radius 1 is 1.40 bits per heavy atom. The summed E-state index contributed by atoms with van der Waals surface area (Å²) in [6, 6.07) is 3.17. The predicted octanol–water partition coefficient (Wildman–Crippen LogP) is 2.59. The van der Waals surface area contributed by atoms with E-state index in [1.165, 1.54) is 12.4 Å². The number of hydrogen-bond acceptors (Lipinski definition) is 5. The molecule has 0 bridgehead atoms. The third-order valence-electron chi connectivity index (χ3n) is 5.45. The Kier molecular flexibility index (Phi) is 3.57. The van der Waals surface area contributed by atoms with E-state index in [2.05, 4.69) is 22.2 Å². The van der Waals surface area contributed by atoms with Crippen LogP contribution in [-0.4, -0.2) is 32.4 Å².